The van der Waals surface area contributed by atoms with E-state index >= 15 is 8.78 Å². The van der Waals surface area contributed by atoms with Crippen LogP contribution in [0.15, 0.2) is 36.7 Å². The zero-order valence-electron chi connectivity index (χ0n) is 30.9. The molecule has 14 heteroatoms. The molecule has 2 aliphatic heterocycles. The SMILES string of the molecule is Cc1c(-c2cc3cc(Nc4cc(F)c5c(c4)C(C)(C)N(C)C5=O)ncc3c(NC(=O)OC(C)(C)C)c2F)cnc2c1N(C(=O)OC(C)(C)C)CCO2. The van der Waals surface area contributed by atoms with Crippen molar-refractivity contribution in [2.45, 2.75) is 79.1 Å². The number of halogens is 2. The molecule has 0 radical (unpaired) electrons. The first-order chi connectivity index (χ1) is 24.2. The molecule has 12 nitrogen and oxygen atoms in total. The number of aromatic nitrogens is 2. The molecule has 0 saturated heterocycles. The van der Waals surface area contributed by atoms with E-state index in [0.29, 0.717) is 33.5 Å². The van der Waals surface area contributed by atoms with Crippen molar-refractivity contribution in [3.63, 3.8) is 0 Å². The Kier molecular flexibility index (Phi) is 8.79. The van der Waals surface area contributed by atoms with Crippen molar-refractivity contribution < 1.29 is 37.4 Å². The van der Waals surface area contributed by atoms with E-state index < -0.39 is 46.5 Å². The molecular weight excluding hydrogens is 674 g/mol. The highest BCUT2D eigenvalue weighted by Gasteiger charge is 2.43. The Morgan fingerprint density at radius 3 is 2.33 bits per heavy atom. The van der Waals surface area contributed by atoms with Gasteiger partial charge < -0.3 is 24.4 Å². The fourth-order valence-corrected chi connectivity index (χ4v) is 6.30. The number of nitrogens with zero attached hydrogens (tertiary/aromatic N) is 4. The molecule has 0 unspecified atom stereocenters. The van der Waals surface area contributed by atoms with Crippen LogP contribution >= 0.6 is 0 Å². The maximum Gasteiger partial charge on any atom is 0.415 e. The van der Waals surface area contributed by atoms with Crippen molar-refractivity contribution in [3.05, 3.63) is 65.0 Å². The molecule has 0 aliphatic carbocycles. The average molecular weight is 717 g/mol. The van der Waals surface area contributed by atoms with Crippen molar-refractivity contribution in [2.75, 3.05) is 35.7 Å². The Morgan fingerprint density at radius 2 is 1.65 bits per heavy atom. The fourth-order valence-electron chi connectivity index (χ4n) is 6.30. The lowest BCUT2D eigenvalue weighted by Crippen LogP contribution is -2.42. The van der Waals surface area contributed by atoms with Gasteiger partial charge in [0.05, 0.1) is 23.3 Å². The van der Waals surface area contributed by atoms with Crippen LogP contribution in [0.25, 0.3) is 21.9 Å². The predicted octanol–water partition coefficient (Wildman–Crippen LogP) is 8.43. The van der Waals surface area contributed by atoms with Crippen LogP contribution in [0.2, 0.25) is 0 Å². The minimum absolute atomic E-state index is 0.0205. The average Bonchev–Trinajstić information content (AvgIpc) is 3.20. The first-order valence-electron chi connectivity index (χ1n) is 16.8. The van der Waals surface area contributed by atoms with E-state index in [2.05, 4.69) is 20.6 Å². The van der Waals surface area contributed by atoms with Gasteiger partial charge in [0.25, 0.3) is 5.91 Å². The summed E-state index contributed by atoms with van der Waals surface area (Å²) in [6, 6.07) is 6.14. The second-order valence-corrected chi connectivity index (χ2v) is 15.4. The Hall–Kier alpha value is -5.53. The number of fused-ring (bicyclic) bond motifs is 3. The largest absolute Gasteiger partial charge is 0.474 e. The Morgan fingerprint density at radius 1 is 0.962 bits per heavy atom. The second kappa shape index (κ2) is 12.6. The first-order valence-corrected chi connectivity index (χ1v) is 16.8. The van der Waals surface area contributed by atoms with E-state index in [4.69, 9.17) is 14.2 Å². The number of benzene rings is 2. The number of carbonyl (C=O) groups is 3. The minimum atomic E-state index is -0.882. The minimum Gasteiger partial charge on any atom is -0.474 e. The zero-order chi connectivity index (χ0) is 38.1. The van der Waals surface area contributed by atoms with Crippen LogP contribution in [-0.4, -0.2) is 64.4 Å². The number of anilines is 4. The number of hydrogen-bond acceptors (Lipinski definition) is 9. The van der Waals surface area contributed by atoms with Gasteiger partial charge in [-0.05, 0) is 103 Å². The number of ether oxygens (including phenoxy) is 3. The number of rotatable bonds is 4. The van der Waals surface area contributed by atoms with Crippen LogP contribution in [-0.2, 0) is 15.0 Å². The van der Waals surface area contributed by atoms with E-state index in [0.717, 1.165) is 0 Å². The summed E-state index contributed by atoms with van der Waals surface area (Å²) < 4.78 is 49.0. The van der Waals surface area contributed by atoms with Crippen molar-refractivity contribution in [1.82, 2.24) is 14.9 Å². The van der Waals surface area contributed by atoms with Crippen LogP contribution in [0.1, 0.15) is 76.9 Å². The van der Waals surface area contributed by atoms with Gasteiger partial charge in [-0.25, -0.2) is 28.3 Å². The highest BCUT2D eigenvalue weighted by atomic mass is 19.1. The maximum absolute atomic E-state index is 16.8. The molecule has 0 bridgehead atoms. The molecule has 2 aromatic carbocycles. The van der Waals surface area contributed by atoms with Gasteiger partial charge in [0.2, 0.25) is 5.88 Å². The van der Waals surface area contributed by atoms with Gasteiger partial charge >= 0.3 is 12.2 Å². The molecule has 3 amide bonds. The Labute approximate surface area is 300 Å². The summed E-state index contributed by atoms with van der Waals surface area (Å²) in [5.74, 6) is -1.38. The molecule has 6 rings (SSSR count). The molecule has 0 saturated carbocycles. The molecule has 2 aliphatic rings. The summed E-state index contributed by atoms with van der Waals surface area (Å²) in [7, 11) is 1.63. The van der Waals surface area contributed by atoms with Gasteiger partial charge in [-0.3, -0.25) is 15.0 Å². The number of pyridine rings is 2. The van der Waals surface area contributed by atoms with Gasteiger partial charge in [-0.15, -0.1) is 0 Å². The molecule has 0 atom stereocenters. The lowest BCUT2D eigenvalue weighted by Gasteiger charge is -2.32. The molecular formula is C38H42F2N6O6. The summed E-state index contributed by atoms with van der Waals surface area (Å²) in [6.45, 7) is 16.1. The molecule has 274 valence electrons. The smallest absolute Gasteiger partial charge is 0.415 e. The summed E-state index contributed by atoms with van der Waals surface area (Å²) in [5, 5.41) is 6.39. The topological polar surface area (TPSA) is 135 Å². The molecule has 0 spiro atoms. The fraction of sp³-hybridized carbons (Fsp3) is 0.395. The molecule has 2 aromatic heterocycles. The van der Waals surface area contributed by atoms with Crippen molar-refractivity contribution >= 4 is 51.7 Å². The highest BCUT2D eigenvalue weighted by molar-refractivity contribution is 6.05. The van der Waals surface area contributed by atoms with Gasteiger partial charge in [0.1, 0.15) is 35.1 Å². The van der Waals surface area contributed by atoms with Crippen molar-refractivity contribution in [1.29, 1.82) is 0 Å². The van der Waals surface area contributed by atoms with E-state index in [1.165, 1.54) is 28.3 Å². The van der Waals surface area contributed by atoms with E-state index in [1.54, 1.807) is 73.7 Å². The number of nitrogens with one attached hydrogen (secondary N) is 2. The third-order valence-electron chi connectivity index (χ3n) is 8.97. The van der Waals surface area contributed by atoms with E-state index in [1.807, 2.05) is 13.8 Å². The van der Waals surface area contributed by atoms with Gasteiger partial charge in [0, 0.05) is 41.6 Å². The normalized spacial score (nSPS) is 15.2. The lowest BCUT2D eigenvalue weighted by molar-refractivity contribution is 0.0564. The van der Waals surface area contributed by atoms with Crippen LogP contribution < -0.4 is 20.3 Å². The van der Waals surface area contributed by atoms with Gasteiger partial charge in [-0.2, -0.15) is 0 Å². The summed E-state index contributed by atoms with van der Waals surface area (Å²) >= 11 is 0. The quantitative estimate of drug-likeness (QED) is 0.213. The van der Waals surface area contributed by atoms with Gasteiger partial charge in [-0.1, -0.05) is 0 Å². The van der Waals surface area contributed by atoms with Crippen molar-refractivity contribution in [2.24, 2.45) is 0 Å². The number of carbonyl (C=O) groups excluding carboxylic acids is 3. The summed E-state index contributed by atoms with van der Waals surface area (Å²) in [6.07, 6.45) is 1.35. The number of amides is 3. The van der Waals surface area contributed by atoms with E-state index in [9.17, 15) is 14.4 Å². The lowest BCUT2D eigenvalue weighted by atomic mass is 9.93. The van der Waals surface area contributed by atoms with Crippen LogP contribution in [0, 0.1) is 18.6 Å². The zero-order valence-corrected chi connectivity index (χ0v) is 30.9. The number of hydrogen-bond donors (Lipinski definition) is 2. The maximum atomic E-state index is 16.8. The third kappa shape index (κ3) is 6.64. The predicted molar refractivity (Wildman–Crippen MR) is 193 cm³/mol. The molecule has 0 fully saturated rings. The molecule has 4 aromatic rings. The third-order valence-corrected chi connectivity index (χ3v) is 8.97. The standard InChI is InChI=1S/C38H42F2N6O6/c1-19-23(17-42-32-31(19)46(11-12-50-32)35(49)52-37(5,6)7)22-13-20-14-27(41-18-24(20)30(29(22)40)44-34(48)51-36(2,3)4)43-21-15-25-28(26(39)16-21)33(47)45(10)38(25,8)9/h13-18H,11-12H2,1-10H3,(H,41,43)(H,44,48). The molecule has 52 heavy (non-hydrogen) atoms. The molecule has 2 N–H and O–H groups in total. The van der Waals surface area contributed by atoms with Crippen molar-refractivity contribution in [3.8, 4) is 17.0 Å². The summed E-state index contributed by atoms with van der Waals surface area (Å²) in [4.78, 5) is 50.9. The Bertz CT molecular complexity index is 2160. The van der Waals surface area contributed by atoms with Crippen LogP contribution in [0.3, 0.4) is 0 Å². The molecule has 4 heterocycles. The second-order valence-electron chi connectivity index (χ2n) is 15.4. The van der Waals surface area contributed by atoms with Gasteiger partial charge in [0.15, 0.2) is 5.82 Å². The monoisotopic (exact) mass is 716 g/mol. The summed E-state index contributed by atoms with van der Waals surface area (Å²) in [5.41, 5.74) is -0.469. The Balaban J connectivity index is 1.48. The van der Waals surface area contributed by atoms with Crippen LogP contribution in [0.5, 0.6) is 5.88 Å². The first kappa shape index (κ1) is 36.3. The van der Waals surface area contributed by atoms with E-state index in [-0.39, 0.29) is 47.1 Å². The van der Waals surface area contributed by atoms with Crippen LogP contribution in [0.4, 0.5) is 41.2 Å². The highest BCUT2D eigenvalue weighted by Crippen LogP contribution is 2.44.